The van der Waals surface area contributed by atoms with Crippen molar-refractivity contribution in [2.45, 2.75) is 26.2 Å². The molecule has 1 aromatic heterocycles. The third-order valence-corrected chi connectivity index (χ3v) is 4.55. The van der Waals surface area contributed by atoms with Crippen molar-refractivity contribution >= 4 is 11.6 Å². The number of nitrogens with one attached hydrogen (secondary N) is 2. The van der Waals surface area contributed by atoms with Crippen LogP contribution in [0.1, 0.15) is 26.2 Å². The van der Waals surface area contributed by atoms with Crippen molar-refractivity contribution in [1.82, 2.24) is 15.1 Å². The second-order valence-electron chi connectivity index (χ2n) is 6.34. The first-order valence-electron chi connectivity index (χ1n) is 8.33. The largest absolute Gasteiger partial charge is 0.326 e. The third-order valence-electron chi connectivity index (χ3n) is 4.55. The summed E-state index contributed by atoms with van der Waals surface area (Å²) in [6.45, 7) is 4.32. The Morgan fingerprint density at radius 2 is 2.39 bits per heavy atom. The summed E-state index contributed by atoms with van der Waals surface area (Å²) >= 11 is 0. The van der Waals surface area contributed by atoms with Crippen LogP contribution in [0.2, 0.25) is 0 Å². The Bertz CT molecular complexity index is 632. The summed E-state index contributed by atoms with van der Waals surface area (Å²) in [5.41, 5.74) is 1.76. The highest BCUT2D eigenvalue weighted by atomic mass is 16.1. The van der Waals surface area contributed by atoms with Gasteiger partial charge >= 0.3 is 0 Å². The van der Waals surface area contributed by atoms with E-state index in [2.05, 4.69) is 22.7 Å². The molecular weight excluding hydrogens is 288 g/mol. The zero-order valence-electron chi connectivity index (χ0n) is 13.5. The molecular formula is C18H24N4O. The van der Waals surface area contributed by atoms with Crippen molar-refractivity contribution in [3.8, 4) is 5.69 Å². The summed E-state index contributed by atoms with van der Waals surface area (Å²) < 4.78 is 1.78. The van der Waals surface area contributed by atoms with E-state index in [1.807, 2.05) is 36.5 Å². The summed E-state index contributed by atoms with van der Waals surface area (Å²) in [5, 5.41) is 10.6. The summed E-state index contributed by atoms with van der Waals surface area (Å²) in [5.74, 6) is 1.09. The Balaban J connectivity index is 1.58. The van der Waals surface area contributed by atoms with E-state index in [0.29, 0.717) is 18.3 Å². The molecule has 122 valence electrons. The zero-order chi connectivity index (χ0) is 16.1. The van der Waals surface area contributed by atoms with Crippen LogP contribution in [0.4, 0.5) is 5.69 Å². The first-order chi connectivity index (χ1) is 11.2. The molecule has 1 saturated heterocycles. The van der Waals surface area contributed by atoms with Gasteiger partial charge in [0.05, 0.1) is 5.69 Å². The van der Waals surface area contributed by atoms with Crippen LogP contribution in [-0.2, 0) is 4.79 Å². The number of hydrogen-bond acceptors (Lipinski definition) is 3. The Kier molecular flexibility index (Phi) is 5.08. The zero-order valence-corrected chi connectivity index (χ0v) is 13.5. The fraction of sp³-hybridized carbons (Fsp3) is 0.444. The van der Waals surface area contributed by atoms with Gasteiger partial charge < -0.3 is 10.6 Å². The molecule has 2 aromatic rings. The average Bonchev–Trinajstić information content (AvgIpc) is 3.10. The number of piperidine rings is 1. The predicted molar refractivity (Wildman–Crippen MR) is 91.6 cm³/mol. The van der Waals surface area contributed by atoms with Crippen LogP contribution in [0.15, 0.2) is 42.7 Å². The molecule has 0 aliphatic carbocycles. The number of amides is 1. The van der Waals surface area contributed by atoms with Gasteiger partial charge in [-0.25, -0.2) is 4.68 Å². The van der Waals surface area contributed by atoms with Gasteiger partial charge in [-0.15, -0.1) is 0 Å². The smallest absolute Gasteiger partial charge is 0.224 e. The number of carbonyl (C=O) groups excluding carboxylic acids is 1. The summed E-state index contributed by atoms with van der Waals surface area (Å²) in [4.78, 5) is 12.3. The highest BCUT2D eigenvalue weighted by Gasteiger charge is 2.22. The van der Waals surface area contributed by atoms with Gasteiger partial charge in [0.25, 0.3) is 0 Å². The van der Waals surface area contributed by atoms with Crippen LogP contribution < -0.4 is 10.6 Å². The first kappa shape index (κ1) is 15.7. The van der Waals surface area contributed by atoms with E-state index in [1.54, 1.807) is 10.9 Å². The number of aromatic nitrogens is 2. The number of rotatable bonds is 5. The van der Waals surface area contributed by atoms with Crippen LogP contribution in [0.3, 0.4) is 0 Å². The minimum absolute atomic E-state index is 0.0840. The van der Waals surface area contributed by atoms with E-state index < -0.39 is 0 Å². The van der Waals surface area contributed by atoms with E-state index in [0.717, 1.165) is 24.5 Å². The summed E-state index contributed by atoms with van der Waals surface area (Å²) in [6, 6.07) is 9.64. The monoisotopic (exact) mass is 312 g/mol. The third kappa shape index (κ3) is 4.20. The molecule has 2 heterocycles. The maximum Gasteiger partial charge on any atom is 0.224 e. The molecule has 2 atom stereocenters. The normalized spacial score (nSPS) is 19.3. The molecule has 1 aliphatic rings. The highest BCUT2D eigenvalue weighted by molar-refractivity contribution is 5.91. The number of anilines is 1. The lowest BCUT2D eigenvalue weighted by molar-refractivity contribution is -0.117. The number of benzene rings is 1. The van der Waals surface area contributed by atoms with Gasteiger partial charge in [0.15, 0.2) is 0 Å². The van der Waals surface area contributed by atoms with E-state index in [9.17, 15) is 4.79 Å². The van der Waals surface area contributed by atoms with Gasteiger partial charge in [-0.05, 0) is 62.0 Å². The standard InChI is InChI=1S/C18H24N4O/c1-14(15-5-3-8-19-13-15)11-18(23)21-16-6-2-7-17(12-16)22-10-4-9-20-22/h2,4,6-7,9-10,12,14-15,19H,3,5,8,11,13H2,1H3,(H,21,23). The molecule has 1 fully saturated rings. The van der Waals surface area contributed by atoms with E-state index in [4.69, 9.17) is 0 Å². The van der Waals surface area contributed by atoms with Crippen molar-refractivity contribution in [2.24, 2.45) is 11.8 Å². The Labute approximate surface area is 137 Å². The Hall–Kier alpha value is -2.14. The molecule has 5 heteroatoms. The molecule has 23 heavy (non-hydrogen) atoms. The molecule has 1 aliphatic heterocycles. The number of nitrogens with zero attached hydrogens (tertiary/aromatic N) is 2. The lowest BCUT2D eigenvalue weighted by atomic mass is 9.85. The summed E-state index contributed by atoms with van der Waals surface area (Å²) in [6.07, 6.45) is 6.63. The molecule has 0 spiro atoms. The van der Waals surface area contributed by atoms with Gasteiger partial charge in [0, 0.05) is 24.5 Å². The van der Waals surface area contributed by atoms with Crippen LogP contribution >= 0.6 is 0 Å². The van der Waals surface area contributed by atoms with Crippen molar-refractivity contribution in [3.05, 3.63) is 42.7 Å². The fourth-order valence-corrected chi connectivity index (χ4v) is 3.18. The van der Waals surface area contributed by atoms with E-state index in [1.165, 1.54) is 12.8 Å². The number of hydrogen-bond donors (Lipinski definition) is 2. The Morgan fingerprint density at radius 3 is 3.13 bits per heavy atom. The highest BCUT2D eigenvalue weighted by Crippen LogP contribution is 2.23. The number of carbonyl (C=O) groups is 1. The van der Waals surface area contributed by atoms with Crippen LogP contribution in [0.25, 0.3) is 5.69 Å². The molecule has 0 radical (unpaired) electrons. The fourth-order valence-electron chi connectivity index (χ4n) is 3.18. The molecule has 5 nitrogen and oxygen atoms in total. The molecule has 2 unspecified atom stereocenters. The minimum Gasteiger partial charge on any atom is -0.326 e. The van der Waals surface area contributed by atoms with E-state index >= 15 is 0 Å². The lowest BCUT2D eigenvalue weighted by Crippen LogP contribution is -2.34. The van der Waals surface area contributed by atoms with Crippen molar-refractivity contribution in [3.63, 3.8) is 0 Å². The quantitative estimate of drug-likeness (QED) is 0.892. The van der Waals surface area contributed by atoms with Crippen molar-refractivity contribution in [2.75, 3.05) is 18.4 Å². The molecule has 2 N–H and O–H groups in total. The van der Waals surface area contributed by atoms with Gasteiger partial charge in [-0.1, -0.05) is 13.0 Å². The van der Waals surface area contributed by atoms with Crippen molar-refractivity contribution < 1.29 is 4.79 Å². The second kappa shape index (κ2) is 7.42. The SMILES string of the molecule is CC(CC(=O)Nc1cccc(-n2cccn2)c1)C1CCCNC1. The van der Waals surface area contributed by atoms with Gasteiger partial charge in [0.1, 0.15) is 0 Å². The molecule has 0 bridgehead atoms. The summed E-state index contributed by atoms with van der Waals surface area (Å²) in [7, 11) is 0. The second-order valence-corrected chi connectivity index (χ2v) is 6.34. The molecule has 1 aromatic carbocycles. The van der Waals surface area contributed by atoms with E-state index in [-0.39, 0.29) is 5.91 Å². The van der Waals surface area contributed by atoms with Gasteiger partial charge in [-0.2, -0.15) is 5.10 Å². The van der Waals surface area contributed by atoms with Crippen LogP contribution in [0.5, 0.6) is 0 Å². The van der Waals surface area contributed by atoms with Gasteiger partial charge in [0.2, 0.25) is 5.91 Å². The molecule has 1 amide bonds. The van der Waals surface area contributed by atoms with Crippen LogP contribution in [0, 0.1) is 11.8 Å². The van der Waals surface area contributed by atoms with Crippen LogP contribution in [-0.4, -0.2) is 28.8 Å². The topological polar surface area (TPSA) is 59.0 Å². The predicted octanol–water partition coefficient (Wildman–Crippen LogP) is 2.84. The molecule has 0 saturated carbocycles. The maximum atomic E-state index is 12.3. The minimum atomic E-state index is 0.0840. The Morgan fingerprint density at radius 1 is 1.48 bits per heavy atom. The van der Waals surface area contributed by atoms with Crippen molar-refractivity contribution in [1.29, 1.82) is 0 Å². The van der Waals surface area contributed by atoms with Gasteiger partial charge in [-0.3, -0.25) is 4.79 Å². The lowest BCUT2D eigenvalue weighted by Gasteiger charge is -2.28. The maximum absolute atomic E-state index is 12.3. The average molecular weight is 312 g/mol. The first-order valence-corrected chi connectivity index (χ1v) is 8.33. The molecule has 3 rings (SSSR count).